The molecular weight excluding hydrogens is 198 g/mol. The summed E-state index contributed by atoms with van der Waals surface area (Å²) in [6.45, 7) is 11.0. The minimum Gasteiger partial charge on any atom is -0.493 e. The van der Waals surface area contributed by atoms with Crippen molar-refractivity contribution < 1.29 is 9.64 Å². The van der Waals surface area contributed by atoms with E-state index in [1.807, 2.05) is 12.1 Å². The molecule has 0 aliphatic heterocycles. The van der Waals surface area contributed by atoms with Crippen LogP contribution in [-0.4, -0.2) is 26.2 Å². The van der Waals surface area contributed by atoms with Gasteiger partial charge in [-0.3, -0.25) is 0 Å². The Labute approximate surface area is 99.2 Å². The first-order chi connectivity index (χ1) is 7.76. The summed E-state index contributed by atoms with van der Waals surface area (Å²) in [6.07, 6.45) is 1.13. The van der Waals surface area contributed by atoms with Crippen LogP contribution in [0.25, 0.3) is 0 Å². The number of benzene rings is 1. The number of quaternary nitrogens is 1. The van der Waals surface area contributed by atoms with Crippen molar-refractivity contribution in [3.8, 4) is 5.75 Å². The number of ether oxygens (including phenoxy) is 1. The predicted octanol–water partition coefficient (Wildman–Crippen LogP) is 1.69. The van der Waals surface area contributed by atoms with Gasteiger partial charge in [-0.2, -0.15) is 0 Å². The average molecular weight is 222 g/mol. The Bertz CT molecular complexity index is 277. The number of hydrogen-bond donors (Lipinski definition) is 1. The molecule has 1 rings (SSSR count). The second kappa shape index (κ2) is 7.29. The molecule has 1 N–H and O–H groups in total. The first kappa shape index (κ1) is 13.0. The Kier molecular flexibility index (Phi) is 5.94. The molecule has 0 spiro atoms. The van der Waals surface area contributed by atoms with Crippen LogP contribution in [0.4, 0.5) is 0 Å². The van der Waals surface area contributed by atoms with E-state index >= 15 is 0 Å². The van der Waals surface area contributed by atoms with Crippen molar-refractivity contribution in [2.24, 2.45) is 0 Å². The minimum absolute atomic E-state index is 0.826. The third-order valence-corrected chi connectivity index (χ3v) is 2.96. The maximum absolute atomic E-state index is 5.69. The molecule has 0 saturated carbocycles. The van der Waals surface area contributed by atoms with E-state index in [0.29, 0.717) is 0 Å². The van der Waals surface area contributed by atoms with E-state index in [9.17, 15) is 0 Å². The average Bonchev–Trinajstić information content (AvgIpc) is 2.32. The Morgan fingerprint density at radius 2 is 1.69 bits per heavy atom. The number of aryl methyl sites for hydroxylation is 1. The summed E-state index contributed by atoms with van der Waals surface area (Å²) < 4.78 is 5.69. The summed E-state index contributed by atoms with van der Waals surface area (Å²) in [4.78, 5) is 1.65. The van der Waals surface area contributed by atoms with Crippen molar-refractivity contribution in [2.75, 3.05) is 26.2 Å². The van der Waals surface area contributed by atoms with Crippen molar-refractivity contribution in [1.29, 1.82) is 0 Å². The highest BCUT2D eigenvalue weighted by atomic mass is 16.5. The fourth-order valence-electron chi connectivity index (χ4n) is 1.75. The summed E-state index contributed by atoms with van der Waals surface area (Å²) >= 11 is 0. The lowest BCUT2D eigenvalue weighted by molar-refractivity contribution is -0.896. The molecule has 0 fully saturated rings. The van der Waals surface area contributed by atoms with Crippen LogP contribution < -0.4 is 9.64 Å². The van der Waals surface area contributed by atoms with Crippen LogP contribution in [0, 0.1) is 6.92 Å². The molecule has 2 nitrogen and oxygen atoms in total. The van der Waals surface area contributed by atoms with E-state index in [2.05, 4.69) is 32.9 Å². The Hall–Kier alpha value is -1.02. The van der Waals surface area contributed by atoms with Crippen LogP contribution >= 0.6 is 0 Å². The fraction of sp³-hybridized carbons (Fsp3) is 0.571. The van der Waals surface area contributed by atoms with Gasteiger partial charge in [0.1, 0.15) is 5.75 Å². The zero-order valence-corrected chi connectivity index (χ0v) is 10.8. The lowest BCUT2D eigenvalue weighted by Gasteiger charge is -2.15. The van der Waals surface area contributed by atoms with Crippen LogP contribution in [0.1, 0.15) is 25.8 Å². The minimum atomic E-state index is 0.826. The van der Waals surface area contributed by atoms with Gasteiger partial charge in [-0.05, 0) is 32.9 Å². The molecule has 0 radical (unpaired) electrons. The third-order valence-electron chi connectivity index (χ3n) is 2.96. The topological polar surface area (TPSA) is 13.7 Å². The summed E-state index contributed by atoms with van der Waals surface area (Å²) in [6, 6.07) is 8.26. The van der Waals surface area contributed by atoms with Gasteiger partial charge < -0.3 is 9.64 Å². The Balaban J connectivity index is 2.18. The monoisotopic (exact) mass is 222 g/mol. The van der Waals surface area contributed by atoms with Gasteiger partial charge in [0.15, 0.2) is 0 Å². The molecule has 1 aromatic carbocycles. The molecule has 0 aliphatic carbocycles. The SMILES string of the molecule is CC[NH+](CC)CCCOc1ccc(C)cc1. The van der Waals surface area contributed by atoms with Crippen molar-refractivity contribution in [1.82, 2.24) is 0 Å². The van der Waals surface area contributed by atoms with Crippen molar-refractivity contribution in [2.45, 2.75) is 27.2 Å². The number of rotatable bonds is 7. The van der Waals surface area contributed by atoms with E-state index < -0.39 is 0 Å². The molecule has 16 heavy (non-hydrogen) atoms. The van der Waals surface area contributed by atoms with Gasteiger partial charge in [-0.1, -0.05) is 17.7 Å². The van der Waals surface area contributed by atoms with Gasteiger partial charge in [0.05, 0.1) is 26.2 Å². The highest BCUT2D eigenvalue weighted by molar-refractivity contribution is 5.26. The van der Waals surface area contributed by atoms with Gasteiger partial charge in [0, 0.05) is 6.42 Å². The van der Waals surface area contributed by atoms with Crippen LogP contribution in [0.2, 0.25) is 0 Å². The van der Waals surface area contributed by atoms with E-state index in [1.165, 1.54) is 25.2 Å². The van der Waals surface area contributed by atoms with Gasteiger partial charge in [-0.25, -0.2) is 0 Å². The first-order valence-electron chi connectivity index (χ1n) is 6.29. The standard InChI is InChI=1S/C14H23NO/c1-4-15(5-2)11-6-12-16-14-9-7-13(3)8-10-14/h7-10H,4-6,11-12H2,1-3H3/p+1. The molecule has 0 aromatic heterocycles. The molecule has 0 heterocycles. The smallest absolute Gasteiger partial charge is 0.119 e. The number of hydrogen-bond acceptors (Lipinski definition) is 1. The quantitative estimate of drug-likeness (QED) is 0.693. The lowest BCUT2D eigenvalue weighted by Crippen LogP contribution is -3.11. The molecule has 0 bridgehead atoms. The third kappa shape index (κ3) is 4.67. The van der Waals surface area contributed by atoms with Gasteiger partial charge >= 0.3 is 0 Å². The number of nitrogens with one attached hydrogen (secondary N) is 1. The molecule has 1 aromatic rings. The van der Waals surface area contributed by atoms with E-state index in [1.54, 1.807) is 4.90 Å². The second-order valence-electron chi connectivity index (χ2n) is 4.22. The fourth-order valence-corrected chi connectivity index (χ4v) is 1.75. The molecule has 0 amide bonds. The highest BCUT2D eigenvalue weighted by Gasteiger charge is 2.01. The van der Waals surface area contributed by atoms with Crippen molar-refractivity contribution in [3.63, 3.8) is 0 Å². The Morgan fingerprint density at radius 3 is 2.25 bits per heavy atom. The lowest BCUT2D eigenvalue weighted by atomic mass is 10.2. The van der Waals surface area contributed by atoms with E-state index in [-0.39, 0.29) is 0 Å². The largest absolute Gasteiger partial charge is 0.493 e. The van der Waals surface area contributed by atoms with Crippen LogP contribution in [0.15, 0.2) is 24.3 Å². The second-order valence-corrected chi connectivity index (χ2v) is 4.22. The van der Waals surface area contributed by atoms with Crippen LogP contribution in [0.5, 0.6) is 5.75 Å². The molecule has 0 unspecified atom stereocenters. The van der Waals surface area contributed by atoms with Crippen molar-refractivity contribution in [3.05, 3.63) is 29.8 Å². The summed E-state index contributed by atoms with van der Waals surface area (Å²) in [5.74, 6) is 0.986. The molecule has 0 saturated heterocycles. The highest BCUT2D eigenvalue weighted by Crippen LogP contribution is 2.11. The molecule has 0 atom stereocenters. The predicted molar refractivity (Wildman–Crippen MR) is 68.2 cm³/mol. The maximum atomic E-state index is 5.69. The zero-order chi connectivity index (χ0) is 11.8. The van der Waals surface area contributed by atoms with E-state index in [4.69, 9.17) is 4.74 Å². The van der Waals surface area contributed by atoms with Crippen LogP contribution in [-0.2, 0) is 0 Å². The first-order valence-corrected chi connectivity index (χ1v) is 6.29. The van der Waals surface area contributed by atoms with Crippen LogP contribution in [0.3, 0.4) is 0 Å². The summed E-state index contributed by atoms with van der Waals surface area (Å²) in [5, 5.41) is 0. The van der Waals surface area contributed by atoms with E-state index in [0.717, 1.165) is 18.8 Å². The van der Waals surface area contributed by atoms with Gasteiger partial charge in [-0.15, -0.1) is 0 Å². The van der Waals surface area contributed by atoms with Gasteiger partial charge in [0.2, 0.25) is 0 Å². The maximum Gasteiger partial charge on any atom is 0.119 e. The summed E-state index contributed by atoms with van der Waals surface area (Å²) in [7, 11) is 0. The molecule has 0 aliphatic rings. The molecular formula is C14H24NO+. The zero-order valence-electron chi connectivity index (χ0n) is 10.8. The Morgan fingerprint density at radius 1 is 1.06 bits per heavy atom. The normalized spacial score (nSPS) is 10.8. The molecule has 2 heteroatoms. The van der Waals surface area contributed by atoms with Crippen molar-refractivity contribution >= 4 is 0 Å². The summed E-state index contributed by atoms with van der Waals surface area (Å²) in [5.41, 5.74) is 1.28. The molecule has 90 valence electrons. The van der Waals surface area contributed by atoms with Gasteiger partial charge in [0.25, 0.3) is 0 Å².